The van der Waals surface area contributed by atoms with Gasteiger partial charge in [0.2, 0.25) is 0 Å². The van der Waals surface area contributed by atoms with Crippen molar-refractivity contribution in [3.63, 3.8) is 0 Å². The van der Waals surface area contributed by atoms with Gasteiger partial charge >= 0.3 is 5.97 Å². The van der Waals surface area contributed by atoms with E-state index in [1.165, 1.54) is 12.7 Å². The Labute approximate surface area is 92.7 Å². The van der Waals surface area contributed by atoms with Crippen LogP contribution in [-0.4, -0.2) is 13.1 Å². The van der Waals surface area contributed by atoms with E-state index < -0.39 is 0 Å². The summed E-state index contributed by atoms with van der Waals surface area (Å²) in [4.78, 5) is 11.3. The van der Waals surface area contributed by atoms with Gasteiger partial charge in [-0.15, -0.1) is 0 Å². The lowest BCUT2D eigenvalue weighted by molar-refractivity contribution is -0.141. The zero-order chi connectivity index (χ0) is 11.6. The molecule has 2 atom stereocenters. The van der Waals surface area contributed by atoms with Crippen LogP contribution in [0.3, 0.4) is 0 Å². The molecular weight excluding hydrogens is 188 g/mol. The van der Waals surface area contributed by atoms with Gasteiger partial charge in [-0.2, -0.15) is 0 Å². The summed E-state index contributed by atoms with van der Waals surface area (Å²) < 4.78 is 4.74. The first-order chi connectivity index (χ1) is 6.85. The minimum atomic E-state index is -0.0936. The molecule has 15 heavy (non-hydrogen) atoms. The SMILES string of the molecule is C=C(C)[C@@H]1CC(C)(C)C[C@H]1CC(=O)OC. The zero-order valence-electron chi connectivity index (χ0n) is 10.3. The molecular formula is C13H22O2. The third-order valence-electron chi connectivity index (χ3n) is 3.45. The molecule has 0 saturated heterocycles. The van der Waals surface area contributed by atoms with E-state index in [0.29, 0.717) is 23.7 Å². The Kier molecular flexibility index (Phi) is 3.58. The number of methoxy groups -OCH3 is 1. The number of esters is 1. The van der Waals surface area contributed by atoms with Crippen molar-refractivity contribution in [3.05, 3.63) is 12.2 Å². The van der Waals surface area contributed by atoms with Gasteiger partial charge in [-0.1, -0.05) is 26.0 Å². The van der Waals surface area contributed by atoms with Crippen molar-refractivity contribution in [2.45, 2.75) is 40.0 Å². The summed E-state index contributed by atoms with van der Waals surface area (Å²) in [6.45, 7) is 10.6. The van der Waals surface area contributed by atoms with Crippen LogP contribution in [-0.2, 0) is 9.53 Å². The highest BCUT2D eigenvalue weighted by molar-refractivity contribution is 5.69. The van der Waals surface area contributed by atoms with Crippen molar-refractivity contribution in [1.82, 2.24) is 0 Å². The molecule has 0 aromatic rings. The minimum absolute atomic E-state index is 0.0936. The maximum absolute atomic E-state index is 11.3. The average Bonchev–Trinajstić information content (AvgIpc) is 2.41. The monoisotopic (exact) mass is 210 g/mol. The zero-order valence-corrected chi connectivity index (χ0v) is 10.3. The quantitative estimate of drug-likeness (QED) is 0.528. The topological polar surface area (TPSA) is 26.3 Å². The Morgan fingerprint density at radius 3 is 2.53 bits per heavy atom. The number of hydrogen-bond donors (Lipinski definition) is 0. The van der Waals surface area contributed by atoms with Crippen molar-refractivity contribution >= 4 is 5.97 Å². The molecule has 0 amide bonds. The summed E-state index contributed by atoms with van der Waals surface area (Å²) in [6.07, 6.45) is 2.78. The molecule has 0 spiro atoms. The van der Waals surface area contributed by atoms with E-state index in [4.69, 9.17) is 4.74 Å². The number of ether oxygens (including phenoxy) is 1. The van der Waals surface area contributed by atoms with Crippen molar-refractivity contribution in [2.24, 2.45) is 17.3 Å². The summed E-state index contributed by atoms with van der Waals surface area (Å²) >= 11 is 0. The summed E-state index contributed by atoms with van der Waals surface area (Å²) in [6, 6.07) is 0. The Balaban J connectivity index is 2.69. The Bertz CT molecular complexity index is 266. The van der Waals surface area contributed by atoms with Gasteiger partial charge in [0.05, 0.1) is 7.11 Å². The third-order valence-corrected chi connectivity index (χ3v) is 3.45. The molecule has 1 aliphatic carbocycles. The van der Waals surface area contributed by atoms with Crippen molar-refractivity contribution < 1.29 is 9.53 Å². The van der Waals surface area contributed by atoms with Crippen LogP contribution in [0.4, 0.5) is 0 Å². The Morgan fingerprint density at radius 1 is 1.47 bits per heavy atom. The van der Waals surface area contributed by atoms with E-state index in [0.717, 1.165) is 12.8 Å². The summed E-state index contributed by atoms with van der Waals surface area (Å²) in [5.41, 5.74) is 1.54. The van der Waals surface area contributed by atoms with Gasteiger partial charge in [-0.25, -0.2) is 0 Å². The van der Waals surface area contributed by atoms with Crippen molar-refractivity contribution in [2.75, 3.05) is 7.11 Å². The molecule has 1 saturated carbocycles. The lowest BCUT2D eigenvalue weighted by atomic mass is 9.88. The van der Waals surface area contributed by atoms with Crippen molar-refractivity contribution in [1.29, 1.82) is 0 Å². The molecule has 0 N–H and O–H groups in total. The maximum atomic E-state index is 11.3. The molecule has 0 heterocycles. The molecule has 1 fully saturated rings. The molecule has 0 radical (unpaired) electrons. The van der Waals surface area contributed by atoms with Gasteiger partial charge in [0.25, 0.3) is 0 Å². The average molecular weight is 210 g/mol. The van der Waals surface area contributed by atoms with E-state index in [1.54, 1.807) is 0 Å². The largest absolute Gasteiger partial charge is 0.469 e. The molecule has 0 aromatic heterocycles. The number of carbonyl (C=O) groups is 1. The van der Waals surface area contributed by atoms with Gasteiger partial charge in [0.15, 0.2) is 0 Å². The molecule has 1 rings (SSSR count). The first-order valence-electron chi connectivity index (χ1n) is 5.58. The standard InChI is InChI=1S/C13H22O2/c1-9(2)11-8-13(3,4)7-10(11)6-12(14)15-5/h10-11H,1,6-8H2,2-5H3/t10-,11+/m1/s1. The molecule has 0 aromatic carbocycles. The molecule has 86 valence electrons. The number of allylic oxidation sites excluding steroid dienone is 1. The summed E-state index contributed by atoms with van der Waals surface area (Å²) in [5, 5.41) is 0. The van der Waals surface area contributed by atoms with Crippen LogP contribution >= 0.6 is 0 Å². The molecule has 2 heteroatoms. The first-order valence-corrected chi connectivity index (χ1v) is 5.58. The highest BCUT2D eigenvalue weighted by Gasteiger charge is 2.40. The fourth-order valence-corrected chi connectivity index (χ4v) is 2.79. The van der Waals surface area contributed by atoms with E-state index in [9.17, 15) is 4.79 Å². The predicted molar refractivity (Wildman–Crippen MR) is 61.4 cm³/mol. The number of rotatable bonds is 3. The van der Waals surface area contributed by atoms with E-state index in [2.05, 4.69) is 27.4 Å². The van der Waals surface area contributed by atoms with Crippen molar-refractivity contribution in [3.8, 4) is 0 Å². The fourth-order valence-electron chi connectivity index (χ4n) is 2.79. The second kappa shape index (κ2) is 4.38. The second-order valence-corrected chi connectivity index (χ2v) is 5.57. The maximum Gasteiger partial charge on any atom is 0.305 e. The Morgan fingerprint density at radius 2 is 2.07 bits per heavy atom. The number of carbonyl (C=O) groups excluding carboxylic acids is 1. The highest BCUT2D eigenvalue weighted by Crippen LogP contribution is 2.48. The highest BCUT2D eigenvalue weighted by atomic mass is 16.5. The predicted octanol–water partition coefficient (Wildman–Crippen LogP) is 3.18. The third kappa shape index (κ3) is 3.08. The van der Waals surface area contributed by atoms with Crippen LogP contribution in [0, 0.1) is 17.3 Å². The molecule has 0 aliphatic heterocycles. The van der Waals surface area contributed by atoms with Crippen LogP contribution < -0.4 is 0 Å². The summed E-state index contributed by atoms with van der Waals surface area (Å²) in [7, 11) is 1.46. The van der Waals surface area contributed by atoms with Gasteiger partial charge in [-0.3, -0.25) is 4.79 Å². The Hall–Kier alpha value is -0.790. The van der Waals surface area contributed by atoms with Crippen LogP contribution in [0.5, 0.6) is 0 Å². The molecule has 0 bridgehead atoms. The van der Waals surface area contributed by atoms with Gasteiger partial charge in [0, 0.05) is 6.42 Å². The van der Waals surface area contributed by atoms with Crippen LogP contribution in [0.1, 0.15) is 40.0 Å². The van der Waals surface area contributed by atoms with Gasteiger partial charge in [-0.05, 0) is 37.0 Å². The van der Waals surface area contributed by atoms with Gasteiger partial charge < -0.3 is 4.74 Å². The summed E-state index contributed by atoms with van der Waals surface area (Å²) in [5.74, 6) is 0.813. The molecule has 2 nitrogen and oxygen atoms in total. The minimum Gasteiger partial charge on any atom is -0.469 e. The molecule has 0 unspecified atom stereocenters. The smallest absolute Gasteiger partial charge is 0.305 e. The van der Waals surface area contributed by atoms with Crippen LogP contribution in [0.15, 0.2) is 12.2 Å². The van der Waals surface area contributed by atoms with Gasteiger partial charge in [0.1, 0.15) is 0 Å². The lowest BCUT2D eigenvalue weighted by Crippen LogP contribution is -2.14. The fraction of sp³-hybridized carbons (Fsp3) is 0.769. The lowest BCUT2D eigenvalue weighted by Gasteiger charge is -2.18. The van der Waals surface area contributed by atoms with E-state index >= 15 is 0 Å². The second-order valence-electron chi connectivity index (χ2n) is 5.57. The van der Waals surface area contributed by atoms with E-state index in [-0.39, 0.29) is 5.97 Å². The van der Waals surface area contributed by atoms with Crippen LogP contribution in [0.2, 0.25) is 0 Å². The molecule has 1 aliphatic rings. The van der Waals surface area contributed by atoms with E-state index in [1.807, 2.05) is 0 Å². The number of hydrogen-bond acceptors (Lipinski definition) is 2. The van der Waals surface area contributed by atoms with Crippen LogP contribution in [0.25, 0.3) is 0 Å². The first kappa shape index (κ1) is 12.3. The normalized spacial score (nSPS) is 28.8.